The number of nitrogens with one attached hydrogen (secondary N) is 2. The van der Waals surface area contributed by atoms with Gasteiger partial charge < -0.3 is 5.32 Å². The van der Waals surface area contributed by atoms with Crippen LogP contribution in [-0.4, -0.2) is 21.7 Å². The number of aromatic amines is 1. The first-order chi connectivity index (χ1) is 8.84. The molecule has 1 saturated carbocycles. The Hall–Kier alpha value is -0.900. The molecule has 4 heteroatoms. The minimum atomic E-state index is 0.0451. The number of rotatable bonds is 3. The summed E-state index contributed by atoms with van der Waals surface area (Å²) in [6, 6.07) is 0. The van der Waals surface area contributed by atoms with E-state index in [4.69, 9.17) is 4.98 Å². The van der Waals surface area contributed by atoms with E-state index in [-0.39, 0.29) is 5.54 Å². The summed E-state index contributed by atoms with van der Waals surface area (Å²) >= 11 is 0. The maximum Gasteiger partial charge on any atom is 0.170 e. The molecule has 18 heavy (non-hydrogen) atoms. The van der Waals surface area contributed by atoms with Crippen LogP contribution in [-0.2, 0) is 5.54 Å². The van der Waals surface area contributed by atoms with Crippen molar-refractivity contribution in [2.75, 3.05) is 6.54 Å². The molecule has 3 rings (SSSR count). The van der Waals surface area contributed by atoms with Gasteiger partial charge in [-0.25, -0.2) is 4.98 Å². The minimum absolute atomic E-state index is 0.0451. The average molecular weight is 248 g/mol. The van der Waals surface area contributed by atoms with Crippen molar-refractivity contribution >= 4 is 0 Å². The maximum absolute atomic E-state index is 4.83. The van der Waals surface area contributed by atoms with Gasteiger partial charge in [0.05, 0.1) is 5.54 Å². The predicted octanol–water partition coefficient (Wildman–Crippen LogP) is 2.84. The fraction of sp³-hybridized carbons (Fsp3) is 0.857. The Kier molecular flexibility index (Phi) is 3.37. The van der Waals surface area contributed by atoms with E-state index in [9.17, 15) is 0 Å². The second-order valence-corrected chi connectivity index (χ2v) is 5.85. The molecule has 0 radical (unpaired) electrons. The predicted molar refractivity (Wildman–Crippen MR) is 71.4 cm³/mol. The van der Waals surface area contributed by atoms with Gasteiger partial charge in [-0.05, 0) is 38.6 Å². The zero-order valence-electron chi connectivity index (χ0n) is 11.3. The first kappa shape index (κ1) is 12.2. The molecule has 2 N–H and O–H groups in total. The van der Waals surface area contributed by atoms with E-state index in [1.54, 1.807) is 0 Å². The molecule has 1 unspecified atom stereocenters. The van der Waals surface area contributed by atoms with E-state index in [0.717, 1.165) is 24.6 Å². The fourth-order valence-corrected chi connectivity index (χ4v) is 3.50. The van der Waals surface area contributed by atoms with Crippen LogP contribution in [0.1, 0.15) is 75.9 Å². The number of hydrogen-bond acceptors (Lipinski definition) is 3. The van der Waals surface area contributed by atoms with E-state index >= 15 is 0 Å². The van der Waals surface area contributed by atoms with E-state index in [0.29, 0.717) is 5.92 Å². The van der Waals surface area contributed by atoms with Crippen molar-refractivity contribution in [3.05, 3.63) is 11.6 Å². The molecule has 1 atom stereocenters. The molecular formula is C14H24N4. The third-order valence-corrected chi connectivity index (χ3v) is 4.77. The van der Waals surface area contributed by atoms with Crippen molar-refractivity contribution in [1.82, 2.24) is 20.5 Å². The second-order valence-electron chi connectivity index (χ2n) is 5.85. The molecule has 1 saturated heterocycles. The summed E-state index contributed by atoms with van der Waals surface area (Å²) in [5.41, 5.74) is 0.0451. The summed E-state index contributed by atoms with van der Waals surface area (Å²) in [5, 5.41) is 11.3. The minimum Gasteiger partial charge on any atom is -0.305 e. The van der Waals surface area contributed by atoms with Crippen molar-refractivity contribution in [2.24, 2.45) is 0 Å². The van der Waals surface area contributed by atoms with Gasteiger partial charge in [0, 0.05) is 5.92 Å². The zero-order chi connectivity index (χ0) is 12.4. The van der Waals surface area contributed by atoms with Crippen LogP contribution in [0, 0.1) is 0 Å². The van der Waals surface area contributed by atoms with Gasteiger partial charge in [-0.3, -0.25) is 5.10 Å². The molecule has 2 fully saturated rings. The summed E-state index contributed by atoms with van der Waals surface area (Å²) in [6.07, 6.45) is 10.1. The first-order valence-corrected chi connectivity index (χ1v) is 7.52. The lowest BCUT2D eigenvalue weighted by molar-refractivity contribution is 0.353. The summed E-state index contributed by atoms with van der Waals surface area (Å²) < 4.78 is 0. The lowest BCUT2D eigenvalue weighted by atomic mass is 9.88. The van der Waals surface area contributed by atoms with Gasteiger partial charge in [-0.1, -0.05) is 26.2 Å². The summed E-state index contributed by atoms with van der Waals surface area (Å²) in [7, 11) is 0. The number of H-pyrrole nitrogens is 1. The Morgan fingerprint density at radius 3 is 2.72 bits per heavy atom. The van der Waals surface area contributed by atoms with Gasteiger partial charge in [-0.15, -0.1) is 0 Å². The molecule has 0 amide bonds. The van der Waals surface area contributed by atoms with Crippen molar-refractivity contribution < 1.29 is 0 Å². The van der Waals surface area contributed by atoms with E-state index in [1.807, 2.05) is 0 Å². The monoisotopic (exact) mass is 248 g/mol. The molecule has 1 aliphatic carbocycles. The molecular weight excluding hydrogens is 224 g/mol. The number of hydrogen-bond donors (Lipinski definition) is 2. The van der Waals surface area contributed by atoms with Gasteiger partial charge in [0.2, 0.25) is 0 Å². The molecule has 1 aromatic heterocycles. The SMILES string of the molecule is CCC1(c2n[nH]c(C3CCCCC3)n2)CCCN1. The van der Waals surface area contributed by atoms with Crippen LogP contribution in [0.25, 0.3) is 0 Å². The normalized spacial score (nSPS) is 29.8. The van der Waals surface area contributed by atoms with Crippen molar-refractivity contribution in [2.45, 2.75) is 69.7 Å². The van der Waals surface area contributed by atoms with Gasteiger partial charge in [0.25, 0.3) is 0 Å². The maximum atomic E-state index is 4.83. The standard InChI is InChI=1S/C14H24N4/c1-2-14(9-6-10-15-14)13-16-12(17-18-13)11-7-4-3-5-8-11/h11,15H,2-10H2,1H3,(H,16,17,18). The Morgan fingerprint density at radius 1 is 1.22 bits per heavy atom. The van der Waals surface area contributed by atoms with Gasteiger partial charge in [0.1, 0.15) is 5.82 Å². The Labute approximate surface area is 109 Å². The summed E-state index contributed by atoms with van der Waals surface area (Å²) in [5.74, 6) is 2.75. The van der Waals surface area contributed by atoms with Crippen molar-refractivity contribution in [1.29, 1.82) is 0 Å². The third kappa shape index (κ3) is 2.07. The quantitative estimate of drug-likeness (QED) is 0.865. The molecule has 2 aliphatic rings. The van der Waals surface area contributed by atoms with Crippen LogP contribution in [0.15, 0.2) is 0 Å². The molecule has 100 valence electrons. The number of aromatic nitrogens is 3. The highest BCUT2D eigenvalue weighted by molar-refractivity contribution is 5.11. The van der Waals surface area contributed by atoms with Crippen molar-refractivity contribution in [3.63, 3.8) is 0 Å². The van der Waals surface area contributed by atoms with Crippen LogP contribution < -0.4 is 5.32 Å². The second kappa shape index (κ2) is 5.00. The third-order valence-electron chi connectivity index (χ3n) is 4.77. The van der Waals surface area contributed by atoms with Crippen molar-refractivity contribution in [3.8, 4) is 0 Å². The first-order valence-electron chi connectivity index (χ1n) is 7.52. The Balaban J connectivity index is 1.79. The molecule has 0 bridgehead atoms. The highest BCUT2D eigenvalue weighted by atomic mass is 15.3. The van der Waals surface area contributed by atoms with Crippen LogP contribution in [0.2, 0.25) is 0 Å². The highest BCUT2D eigenvalue weighted by Gasteiger charge is 2.37. The lowest BCUT2D eigenvalue weighted by Gasteiger charge is -2.24. The molecule has 1 aliphatic heterocycles. The van der Waals surface area contributed by atoms with Crippen LogP contribution in [0.3, 0.4) is 0 Å². The lowest BCUT2D eigenvalue weighted by Crippen LogP contribution is -2.37. The van der Waals surface area contributed by atoms with Crippen LogP contribution in [0.5, 0.6) is 0 Å². The fourth-order valence-electron chi connectivity index (χ4n) is 3.50. The smallest absolute Gasteiger partial charge is 0.170 e. The van der Waals surface area contributed by atoms with Gasteiger partial charge in [-0.2, -0.15) is 5.10 Å². The Morgan fingerprint density at radius 2 is 2.06 bits per heavy atom. The zero-order valence-corrected chi connectivity index (χ0v) is 11.3. The van der Waals surface area contributed by atoms with Crippen LogP contribution in [0.4, 0.5) is 0 Å². The Bertz CT molecular complexity index is 386. The van der Waals surface area contributed by atoms with E-state index in [1.165, 1.54) is 44.9 Å². The van der Waals surface area contributed by atoms with E-state index < -0.39 is 0 Å². The van der Waals surface area contributed by atoms with Gasteiger partial charge in [0.15, 0.2) is 5.82 Å². The topological polar surface area (TPSA) is 53.6 Å². The molecule has 0 aromatic carbocycles. The molecule has 0 spiro atoms. The molecule has 1 aromatic rings. The largest absolute Gasteiger partial charge is 0.305 e. The average Bonchev–Trinajstić information content (AvgIpc) is 3.09. The number of nitrogens with zero attached hydrogens (tertiary/aromatic N) is 2. The molecule has 2 heterocycles. The highest BCUT2D eigenvalue weighted by Crippen LogP contribution is 2.34. The van der Waals surface area contributed by atoms with Gasteiger partial charge >= 0.3 is 0 Å². The summed E-state index contributed by atoms with van der Waals surface area (Å²) in [6.45, 7) is 3.33. The van der Waals surface area contributed by atoms with E-state index in [2.05, 4.69) is 22.4 Å². The van der Waals surface area contributed by atoms with Crippen LogP contribution >= 0.6 is 0 Å². The summed E-state index contributed by atoms with van der Waals surface area (Å²) in [4.78, 5) is 4.83. The molecule has 4 nitrogen and oxygen atoms in total.